The van der Waals surface area contributed by atoms with E-state index in [-0.39, 0.29) is 5.97 Å². The van der Waals surface area contributed by atoms with Gasteiger partial charge >= 0.3 is 5.97 Å². The van der Waals surface area contributed by atoms with Crippen LogP contribution in [0.3, 0.4) is 0 Å². The van der Waals surface area contributed by atoms with E-state index in [2.05, 4.69) is 22.2 Å². The number of esters is 1. The van der Waals surface area contributed by atoms with Gasteiger partial charge in [-0.2, -0.15) is 0 Å². The van der Waals surface area contributed by atoms with E-state index in [0.717, 1.165) is 31.9 Å². The summed E-state index contributed by atoms with van der Waals surface area (Å²) < 4.78 is 4.80. The highest BCUT2D eigenvalue weighted by Crippen LogP contribution is 2.41. The van der Waals surface area contributed by atoms with Crippen LogP contribution >= 0.6 is 22.9 Å². The zero-order valence-electron chi connectivity index (χ0n) is 15.2. The Hall–Kier alpha value is -2.96. The lowest BCUT2D eigenvalue weighted by atomic mass is 10.0. The van der Waals surface area contributed by atoms with Gasteiger partial charge in [-0.05, 0) is 42.8 Å². The van der Waals surface area contributed by atoms with E-state index in [1.807, 2.05) is 30.3 Å². The van der Waals surface area contributed by atoms with Crippen LogP contribution in [0.2, 0.25) is 5.02 Å². The molecule has 5 nitrogen and oxygen atoms in total. The second-order valence-electron chi connectivity index (χ2n) is 6.14. The maximum absolute atomic E-state index is 11.8. The molecule has 4 rings (SSSR count). The molecule has 0 amide bonds. The summed E-state index contributed by atoms with van der Waals surface area (Å²) in [5, 5.41) is 4.95. The first-order valence-corrected chi connectivity index (χ1v) is 9.71. The van der Waals surface area contributed by atoms with E-state index in [4.69, 9.17) is 16.3 Å². The van der Waals surface area contributed by atoms with Gasteiger partial charge < -0.3 is 10.1 Å². The van der Waals surface area contributed by atoms with E-state index in [1.54, 1.807) is 29.5 Å². The molecule has 2 aromatic carbocycles. The number of rotatable bonds is 4. The van der Waals surface area contributed by atoms with Crippen molar-refractivity contribution in [1.82, 2.24) is 9.97 Å². The molecule has 4 aromatic rings. The molecular weight excluding hydrogens is 394 g/mol. The highest BCUT2D eigenvalue weighted by atomic mass is 35.5. The van der Waals surface area contributed by atoms with Crippen LogP contribution in [-0.4, -0.2) is 23.0 Å². The minimum Gasteiger partial charge on any atom is -0.465 e. The molecule has 0 unspecified atom stereocenters. The second-order valence-corrected chi connectivity index (χ2v) is 7.78. The summed E-state index contributed by atoms with van der Waals surface area (Å²) in [6.07, 6.45) is 1.54. The molecule has 2 aromatic heterocycles. The smallest absolute Gasteiger partial charge is 0.337 e. The van der Waals surface area contributed by atoms with Crippen molar-refractivity contribution in [3.63, 3.8) is 0 Å². The number of benzene rings is 2. The average molecular weight is 410 g/mol. The summed E-state index contributed by atoms with van der Waals surface area (Å²) in [5.41, 5.74) is 3.34. The monoisotopic (exact) mass is 409 g/mol. The van der Waals surface area contributed by atoms with Gasteiger partial charge in [0.1, 0.15) is 17.0 Å². The summed E-state index contributed by atoms with van der Waals surface area (Å²) in [6, 6.07) is 14.8. The zero-order chi connectivity index (χ0) is 19.7. The van der Waals surface area contributed by atoms with Gasteiger partial charge in [-0.25, -0.2) is 14.8 Å². The van der Waals surface area contributed by atoms with Gasteiger partial charge in [0.15, 0.2) is 0 Å². The highest BCUT2D eigenvalue weighted by molar-refractivity contribution is 7.19. The van der Waals surface area contributed by atoms with Crippen LogP contribution in [-0.2, 0) is 4.74 Å². The Bertz CT molecular complexity index is 1170. The second kappa shape index (κ2) is 7.58. The molecule has 0 atom stereocenters. The Morgan fingerprint density at radius 3 is 2.68 bits per heavy atom. The Labute approximate surface area is 171 Å². The molecule has 140 valence electrons. The first kappa shape index (κ1) is 18.4. The van der Waals surface area contributed by atoms with Crippen LogP contribution in [0.15, 0.2) is 54.9 Å². The molecule has 0 spiro atoms. The first-order chi connectivity index (χ1) is 13.6. The lowest BCUT2D eigenvalue weighted by Gasteiger charge is -2.10. The van der Waals surface area contributed by atoms with E-state index in [1.165, 1.54) is 13.4 Å². The van der Waals surface area contributed by atoms with Crippen LogP contribution in [0, 0.1) is 6.92 Å². The largest absolute Gasteiger partial charge is 0.465 e. The quantitative estimate of drug-likeness (QED) is 0.428. The predicted molar refractivity (Wildman–Crippen MR) is 114 cm³/mol. The van der Waals surface area contributed by atoms with E-state index in [0.29, 0.717) is 16.4 Å². The molecule has 0 radical (unpaired) electrons. The number of thiophene rings is 1. The van der Waals surface area contributed by atoms with Gasteiger partial charge in [-0.15, -0.1) is 11.3 Å². The predicted octanol–water partition coefficient (Wildman–Crippen LogP) is 5.85. The first-order valence-electron chi connectivity index (χ1n) is 8.52. The van der Waals surface area contributed by atoms with E-state index < -0.39 is 0 Å². The van der Waals surface area contributed by atoms with Crippen molar-refractivity contribution in [2.75, 3.05) is 12.4 Å². The number of carbonyl (C=O) groups is 1. The number of anilines is 2. The van der Waals surface area contributed by atoms with Crippen molar-refractivity contribution < 1.29 is 9.53 Å². The van der Waals surface area contributed by atoms with Gasteiger partial charge in [-0.3, -0.25) is 0 Å². The number of hydrogen-bond acceptors (Lipinski definition) is 6. The Morgan fingerprint density at radius 1 is 1.14 bits per heavy atom. The Kier molecular flexibility index (Phi) is 4.98. The molecule has 1 N–H and O–H groups in total. The lowest BCUT2D eigenvalue weighted by molar-refractivity contribution is 0.0601. The summed E-state index contributed by atoms with van der Waals surface area (Å²) in [6.45, 7) is 2.07. The van der Waals surface area contributed by atoms with E-state index in [9.17, 15) is 4.79 Å². The van der Waals surface area contributed by atoms with Crippen molar-refractivity contribution in [1.29, 1.82) is 0 Å². The molecule has 0 aliphatic rings. The molecule has 0 saturated carbocycles. The van der Waals surface area contributed by atoms with Gasteiger partial charge in [-0.1, -0.05) is 29.8 Å². The number of nitrogens with one attached hydrogen (secondary N) is 1. The van der Waals surface area contributed by atoms with Gasteiger partial charge in [0.25, 0.3) is 0 Å². The fourth-order valence-electron chi connectivity index (χ4n) is 3.08. The molecule has 2 heterocycles. The van der Waals surface area contributed by atoms with Crippen LogP contribution in [0.25, 0.3) is 21.3 Å². The normalized spacial score (nSPS) is 10.8. The maximum Gasteiger partial charge on any atom is 0.337 e. The fourth-order valence-corrected chi connectivity index (χ4v) is 4.22. The minimum atomic E-state index is -0.385. The van der Waals surface area contributed by atoms with Crippen LogP contribution in [0.1, 0.15) is 15.2 Å². The average Bonchev–Trinajstić information content (AvgIpc) is 3.05. The molecular formula is C21H16ClN3O2S. The third-order valence-corrected chi connectivity index (χ3v) is 5.61. The number of fused-ring (bicyclic) bond motifs is 1. The van der Waals surface area contributed by atoms with E-state index >= 15 is 0 Å². The van der Waals surface area contributed by atoms with Crippen LogP contribution in [0.5, 0.6) is 0 Å². The van der Waals surface area contributed by atoms with Gasteiger partial charge in [0.2, 0.25) is 0 Å². The number of aromatic nitrogens is 2. The molecule has 0 aliphatic carbocycles. The third kappa shape index (κ3) is 3.44. The Morgan fingerprint density at radius 2 is 1.93 bits per heavy atom. The lowest BCUT2D eigenvalue weighted by Crippen LogP contribution is -2.02. The number of aryl methyl sites for hydroxylation is 1. The summed E-state index contributed by atoms with van der Waals surface area (Å²) in [4.78, 5) is 22.7. The van der Waals surface area contributed by atoms with Crippen molar-refractivity contribution in [3.8, 4) is 11.1 Å². The zero-order valence-corrected chi connectivity index (χ0v) is 16.8. The number of hydrogen-bond donors (Lipinski definition) is 1. The van der Waals surface area contributed by atoms with Crippen molar-refractivity contribution >= 4 is 50.6 Å². The third-order valence-electron chi connectivity index (χ3n) is 4.34. The van der Waals surface area contributed by atoms with Crippen molar-refractivity contribution in [2.45, 2.75) is 6.92 Å². The van der Waals surface area contributed by atoms with Crippen molar-refractivity contribution in [3.05, 3.63) is 70.3 Å². The fraction of sp³-hybridized carbons (Fsp3) is 0.0952. The van der Waals surface area contributed by atoms with Crippen LogP contribution < -0.4 is 5.32 Å². The number of ether oxygens (including phenoxy) is 1. The number of halogens is 1. The molecule has 0 saturated heterocycles. The van der Waals surface area contributed by atoms with Gasteiger partial charge in [0, 0.05) is 21.2 Å². The molecule has 0 fully saturated rings. The number of carbonyl (C=O) groups excluding carboxylic acids is 1. The molecule has 0 aliphatic heterocycles. The summed E-state index contributed by atoms with van der Waals surface area (Å²) in [5.74, 6) is 0.297. The molecule has 28 heavy (non-hydrogen) atoms. The topological polar surface area (TPSA) is 64.1 Å². The van der Waals surface area contributed by atoms with Crippen LogP contribution in [0.4, 0.5) is 11.5 Å². The molecule has 0 bridgehead atoms. The minimum absolute atomic E-state index is 0.385. The molecule has 7 heteroatoms. The number of nitrogens with zero attached hydrogens (tertiary/aromatic N) is 2. The number of methoxy groups -OCH3 is 1. The highest BCUT2D eigenvalue weighted by Gasteiger charge is 2.17. The Balaban J connectivity index is 1.82. The van der Waals surface area contributed by atoms with Gasteiger partial charge in [0.05, 0.1) is 18.1 Å². The van der Waals surface area contributed by atoms with Crippen molar-refractivity contribution in [2.24, 2.45) is 0 Å². The standard InChI is InChI=1S/C21H16ClN3O2S/c1-12-17(13-6-8-15(22)9-7-13)18-19(23-11-24-20(18)28-12)25-16-5-3-4-14(10-16)21(26)27-2/h3-11H,1-2H3,(H,23,24,25). The summed E-state index contributed by atoms with van der Waals surface area (Å²) >= 11 is 7.67. The summed E-state index contributed by atoms with van der Waals surface area (Å²) in [7, 11) is 1.36. The SMILES string of the molecule is COC(=O)c1cccc(Nc2ncnc3sc(C)c(-c4ccc(Cl)cc4)c23)c1. The maximum atomic E-state index is 11.8.